The summed E-state index contributed by atoms with van der Waals surface area (Å²) in [5, 5.41) is 1.16. The van der Waals surface area contributed by atoms with E-state index in [1.165, 1.54) is 5.56 Å². The Morgan fingerprint density at radius 3 is 2.61 bits per heavy atom. The second-order valence-corrected chi connectivity index (χ2v) is 11.0. The maximum absolute atomic E-state index is 13.1. The molecule has 0 aliphatic carbocycles. The van der Waals surface area contributed by atoms with Crippen molar-refractivity contribution in [3.05, 3.63) is 63.5 Å². The highest BCUT2D eigenvalue weighted by Crippen LogP contribution is 2.49. The van der Waals surface area contributed by atoms with Crippen molar-refractivity contribution in [1.82, 2.24) is 14.9 Å². The second kappa shape index (κ2) is 8.61. The van der Waals surface area contributed by atoms with Gasteiger partial charge < -0.3 is 4.74 Å². The van der Waals surface area contributed by atoms with Gasteiger partial charge in [0.25, 0.3) is 0 Å². The maximum Gasteiger partial charge on any atom is 0.436 e. The highest BCUT2D eigenvalue weighted by Gasteiger charge is 2.40. The number of thiazole rings is 1. The predicted molar refractivity (Wildman–Crippen MR) is 124 cm³/mol. The average Bonchev–Trinajstić information content (AvgIpc) is 3.30. The third-order valence-electron chi connectivity index (χ3n) is 5.72. The first-order valence-electron chi connectivity index (χ1n) is 10.8. The molecule has 2 atom stereocenters. The Morgan fingerprint density at radius 1 is 1.21 bits per heavy atom. The van der Waals surface area contributed by atoms with Crippen LogP contribution in [-0.4, -0.2) is 21.4 Å². The van der Waals surface area contributed by atoms with Gasteiger partial charge in [0.15, 0.2) is 11.1 Å². The SMILES string of the molecule is CCN1Cc2cccc(Oc3ncccc3N=c3[nH]c(C(F)(F)F)c[s+]3C)c2C1C(C)(C)C. The van der Waals surface area contributed by atoms with Crippen molar-refractivity contribution in [2.75, 3.05) is 6.54 Å². The van der Waals surface area contributed by atoms with Crippen LogP contribution in [0.3, 0.4) is 0 Å². The van der Waals surface area contributed by atoms with Gasteiger partial charge in [0.2, 0.25) is 5.88 Å². The summed E-state index contributed by atoms with van der Waals surface area (Å²) in [6.07, 6.45) is -1.15. The zero-order valence-corrected chi connectivity index (χ0v) is 20.1. The number of nitrogens with zero attached hydrogens (tertiary/aromatic N) is 3. The van der Waals surface area contributed by atoms with Crippen molar-refractivity contribution in [2.24, 2.45) is 16.7 Å². The molecule has 176 valence electrons. The number of aromatic amines is 1. The van der Waals surface area contributed by atoms with Gasteiger partial charge in [0, 0.05) is 34.8 Å². The fraction of sp³-hybridized carbons (Fsp3) is 0.417. The number of nitrogens with one attached hydrogen (secondary N) is 1. The van der Waals surface area contributed by atoms with E-state index >= 15 is 0 Å². The number of aromatic nitrogens is 2. The van der Waals surface area contributed by atoms with Gasteiger partial charge >= 0.3 is 11.0 Å². The van der Waals surface area contributed by atoms with Crippen molar-refractivity contribution >= 4 is 16.2 Å². The summed E-state index contributed by atoms with van der Waals surface area (Å²) in [6, 6.07) is 9.56. The molecular weight excluding hydrogens is 449 g/mol. The van der Waals surface area contributed by atoms with E-state index in [9.17, 15) is 13.2 Å². The molecule has 1 aromatic carbocycles. The molecule has 0 bridgehead atoms. The molecule has 1 N–H and O–H groups in total. The third kappa shape index (κ3) is 4.70. The van der Waals surface area contributed by atoms with E-state index < -0.39 is 22.3 Å². The third-order valence-corrected chi connectivity index (χ3v) is 7.11. The largest absolute Gasteiger partial charge is 0.437 e. The number of pyridine rings is 1. The summed E-state index contributed by atoms with van der Waals surface area (Å²) in [5.41, 5.74) is 1.92. The molecule has 2 aromatic heterocycles. The Morgan fingerprint density at radius 2 is 1.97 bits per heavy atom. The number of halogens is 3. The first-order valence-corrected chi connectivity index (χ1v) is 12.5. The van der Waals surface area contributed by atoms with Crippen LogP contribution in [0.25, 0.3) is 0 Å². The summed E-state index contributed by atoms with van der Waals surface area (Å²) >= 11 is 0. The number of aryl methyl sites for hydroxylation is 1. The Balaban J connectivity index is 1.76. The lowest BCUT2D eigenvalue weighted by Crippen LogP contribution is -2.31. The molecule has 0 fully saturated rings. The Kier molecular flexibility index (Phi) is 6.13. The molecule has 9 heteroatoms. The number of ether oxygens (including phenoxy) is 1. The minimum atomic E-state index is -4.44. The predicted octanol–water partition coefficient (Wildman–Crippen LogP) is 6.66. The zero-order valence-electron chi connectivity index (χ0n) is 19.3. The molecule has 1 aliphatic heterocycles. The lowest BCUT2D eigenvalue weighted by molar-refractivity contribution is -0.140. The first kappa shape index (κ1) is 23.5. The molecule has 0 saturated heterocycles. The van der Waals surface area contributed by atoms with Crippen molar-refractivity contribution in [1.29, 1.82) is 0 Å². The highest BCUT2D eigenvalue weighted by atomic mass is 32.2. The molecular formula is C24H28F3N4OS+. The monoisotopic (exact) mass is 477 g/mol. The van der Waals surface area contributed by atoms with E-state index in [0.717, 1.165) is 24.0 Å². The highest BCUT2D eigenvalue weighted by molar-refractivity contribution is 7.25. The zero-order chi connectivity index (χ0) is 24.0. The van der Waals surface area contributed by atoms with E-state index in [1.807, 2.05) is 12.1 Å². The van der Waals surface area contributed by atoms with Gasteiger partial charge in [0.1, 0.15) is 17.7 Å². The summed E-state index contributed by atoms with van der Waals surface area (Å²) in [5.74, 6) is 0.966. The van der Waals surface area contributed by atoms with Gasteiger partial charge in [-0.2, -0.15) is 18.2 Å². The Hall–Kier alpha value is -2.65. The van der Waals surface area contributed by atoms with Gasteiger partial charge in [-0.05, 0) is 35.7 Å². The number of alkyl halides is 3. The van der Waals surface area contributed by atoms with Crippen LogP contribution < -0.4 is 9.54 Å². The van der Waals surface area contributed by atoms with Gasteiger partial charge in [0.05, 0.1) is 0 Å². The van der Waals surface area contributed by atoms with E-state index in [4.69, 9.17) is 4.74 Å². The minimum absolute atomic E-state index is 0.0160. The van der Waals surface area contributed by atoms with E-state index in [2.05, 4.69) is 53.6 Å². The standard InChI is InChI=1S/C24H28F3N4OS/c1-6-31-13-15-9-7-11-17(19(15)20(31)23(2,3)4)32-21-16(10-8-12-28-21)29-22-30-18(14-33(22)5)24(25,26)27/h7-12,14,20H,6,13H2,1-5H3,(H,29,30)/q+1. The summed E-state index contributed by atoms with van der Waals surface area (Å²) in [6.45, 7) is 10.5. The van der Waals surface area contributed by atoms with Gasteiger partial charge in [-0.3, -0.25) is 9.88 Å². The number of hydrogen-bond donors (Lipinski definition) is 1. The molecule has 3 heterocycles. The van der Waals surface area contributed by atoms with E-state index in [0.29, 0.717) is 11.4 Å². The second-order valence-electron chi connectivity index (χ2n) is 9.22. The number of rotatable bonds is 4. The van der Waals surface area contributed by atoms with Gasteiger partial charge in [-0.1, -0.05) is 39.8 Å². The molecule has 0 spiro atoms. The molecule has 1 aliphatic rings. The summed E-state index contributed by atoms with van der Waals surface area (Å²) in [4.78, 5) is 13.9. The number of benzene rings is 1. The Bertz CT molecular complexity index is 1220. The van der Waals surface area contributed by atoms with Gasteiger partial charge in [-0.25, -0.2) is 4.98 Å². The minimum Gasteiger partial charge on any atom is -0.437 e. The van der Waals surface area contributed by atoms with Crippen LogP contribution in [0.1, 0.15) is 50.6 Å². The number of hydrogen-bond acceptors (Lipinski definition) is 4. The van der Waals surface area contributed by atoms with Crippen molar-refractivity contribution in [3.63, 3.8) is 0 Å². The molecule has 3 aromatic rings. The molecule has 0 saturated carbocycles. The fourth-order valence-electron chi connectivity index (χ4n) is 4.35. The molecule has 0 amide bonds. The molecule has 2 unspecified atom stereocenters. The summed E-state index contributed by atoms with van der Waals surface area (Å²) in [7, 11) is -0.799. The van der Waals surface area contributed by atoms with Crippen LogP contribution in [0, 0.1) is 5.41 Å². The van der Waals surface area contributed by atoms with Crippen molar-refractivity contribution in [3.8, 4) is 11.6 Å². The van der Waals surface area contributed by atoms with E-state index in [-0.39, 0.29) is 22.1 Å². The normalized spacial score (nSPS) is 18.0. The van der Waals surface area contributed by atoms with E-state index in [1.54, 1.807) is 24.6 Å². The van der Waals surface area contributed by atoms with Crippen molar-refractivity contribution < 1.29 is 17.9 Å². The molecule has 4 rings (SSSR count). The number of fused-ring (bicyclic) bond motifs is 1. The van der Waals surface area contributed by atoms with Crippen molar-refractivity contribution in [2.45, 2.75) is 46.5 Å². The van der Waals surface area contributed by atoms with Crippen LogP contribution in [0.5, 0.6) is 11.6 Å². The fourth-order valence-corrected chi connectivity index (χ4v) is 5.52. The number of H-pyrrole nitrogens is 1. The van der Waals surface area contributed by atoms with Crippen LogP contribution in [0.2, 0.25) is 0 Å². The van der Waals surface area contributed by atoms with Crippen LogP contribution in [0.4, 0.5) is 18.9 Å². The van der Waals surface area contributed by atoms with Crippen LogP contribution >= 0.6 is 10.5 Å². The molecule has 0 radical (unpaired) electrons. The maximum atomic E-state index is 13.1. The molecule has 5 nitrogen and oxygen atoms in total. The average molecular weight is 478 g/mol. The lowest BCUT2D eigenvalue weighted by atomic mass is 9.82. The Labute approximate surface area is 194 Å². The quantitative estimate of drug-likeness (QED) is 0.428. The van der Waals surface area contributed by atoms with Crippen LogP contribution in [-0.2, 0) is 19.0 Å². The first-order chi connectivity index (χ1) is 15.5. The van der Waals surface area contributed by atoms with Gasteiger partial charge in [-0.15, -0.1) is 0 Å². The molecule has 33 heavy (non-hydrogen) atoms. The smallest absolute Gasteiger partial charge is 0.436 e. The topological polar surface area (TPSA) is 53.5 Å². The van der Waals surface area contributed by atoms with Crippen LogP contribution in [0.15, 0.2) is 46.9 Å². The lowest BCUT2D eigenvalue weighted by Gasteiger charge is -2.35. The summed E-state index contributed by atoms with van der Waals surface area (Å²) < 4.78 is 45.6.